The van der Waals surface area contributed by atoms with Gasteiger partial charge in [0.15, 0.2) is 0 Å². The summed E-state index contributed by atoms with van der Waals surface area (Å²) in [5, 5.41) is 2.79. The first kappa shape index (κ1) is 20.5. The molecule has 0 spiro atoms. The Hall–Kier alpha value is -3.88. The molecular weight excluding hydrogens is 457 g/mol. The molecule has 2 aliphatic carbocycles. The molecule has 1 amide bonds. The van der Waals surface area contributed by atoms with Gasteiger partial charge in [0.05, 0.1) is 16.6 Å². The summed E-state index contributed by atoms with van der Waals surface area (Å²) < 4.78 is 45.5. The number of H-pyrrole nitrogens is 1. The van der Waals surface area contributed by atoms with Gasteiger partial charge in [0.1, 0.15) is 23.1 Å². The SMILES string of the molecule is O=C1CCc2c(Oc3ccc4c(c3)[C@@H]3[C@H](C4)[C@H]3c3nc4ccc(C(F)(F)F)cc4[nH]3)ccnc2N1. The van der Waals surface area contributed by atoms with Crippen molar-refractivity contribution in [2.75, 3.05) is 5.32 Å². The van der Waals surface area contributed by atoms with E-state index in [0.717, 1.165) is 29.9 Å². The first-order valence-electron chi connectivity index (χ1n) is 11.5. The second-order valence-electron chi connectivity index (χ2n) is 9.42. The highest BCUT2D eigenvalue weighted by molar-refractivity contribution is 5.93. The number of pyridine rings is 1. The van der Waals surface area contributed by atoms with Crippen molar-refractivity contribution in [3.8, 4) is 11.5 Å². The van der Waals surface area contributed by atoms with Crippen LogP contribution in [0.1, 0.15) is 46.3 Å². The van der Waals surface area contributed by atoms with Gasteiger partial charge >= 0.3 is 6.18 Å². The molecule has 0 unspecified atom stereocenters. The van der Waals surface area contributed by atoms with Crippen molar-refractivity contribution in [3.63, 3.8) is 0 Å². The quantitative estimate of drug-likeness (QED) is 0.397. The minimum Gasteiger partial charge on any atom is -0.457 e. The number of aromatic nitrogens is 3. The number of carbonyl (C=O) groups excluding carboxylic acids is 1. The third-order valence-corrected chi connectivity index (χ3v) is 7.34. The maximum absolute atomic E-state index is 13.1. The van der Waals surface area contributed by atoms with Gasteiger partial charge in [-0.15, -0.1) is 0 Å². The predicted molar refractivity (Wildman–Crippen MR) is 121 cm³/mol. The Bertz CT molecular complexity index is 1530. The molecule has 7 rings (SSSR count). The van der Waals surface area contributed by atoms with E-state index in [1.807, 2.05) is 6.07 Å². The molecule has 1 aliphatic heterocycles. The second-order valence-corrected chi connectivity index (χ2v) is 9.42. The van der Waals surface area contributed by atoms with Crippen molar-refractivity contribution in [1.29, 1.82) is 0 Å². The van der Waals surface area contributed by atoms with Crippen LogP contribution in [-0.4, -0.2) is 20.9 Å². The number of alkyl halides is 3. The molecule has 6 nitrogen and oxygen atoms in total. The van der Waals surface area contributed by atoms with E-state index in [1.54, 1.807) is 12.3 Å². The van der Waals surface area contributed by atoms with Crippen LogP contribution in [0.2, 0.25) is 0 Å². The normalized spacial score (nSPS) is 22.4. The van der Waals surface area contributed by atoms with Crippen molar-refractivity contribution in [2.24, 2.45) is 5.92 Å². The lowest BCUT2D eigenvalue weighted by molar-refractivity contribution is -0.137. The highest BCUT2D eigenvalue weighted by atomic mass is 19.4. The number of aromatic amines is 1. The van der Waals surface area contributed by atoms with E-state index in [2.05, 4.69) is 32.4 Å². The summed E-state index contributed by atoms with van der Waals surface area (Å²) in [5.74, 6) is 3.42. The van der Waals surface area contributed by atoms with Crippen LogP contribution in [0.15, 0.2) is 48.7 Å². The van der Waals surface area contributed by atoms with E-state index in [0.29, 0.717) is 47.1 Å². The number of carbonyl (C=O) groups is 1. The van der Waals surface area contributed by atoms with E-state index in [1.165, 1.54) is 17.2 Å². The number of nitrogens with one attached hydrogen (secondary N) is 2. The summed E-state index contributed by atoms with van der Waals surface area (Å²) >= 11 is 0. The number of fused-ring (bicyclic) bond motifs is 5. The van der Waals surface area contributed by atoms with Gasteiger partial charge in [-0.3, -0.25) is 4.79 Å². The monoisotopic (exact) mass is 476 g/mol. The van der Waals surface area contributed by atoms with Gasteiger partial charge < -0.3 is 15.0 Å². The third-order valence-electron chi connectivity index (χ3n) is 7.34. The molecule has 2 aromatic heterocycles. The smallest absolute Gasteiger partial charge is 0.416 e. The summed E-state index contributed by atoms with van der Waals surface area (Å²) in [7, 11) is 0. The second kappa shape index (κ2) is 7.07. The Morgan fingerprint density at radius 2 is 1.91 bits per heavy atom. The molecule has 2 aromatic carbocycles. The highest BCUT2D eigenvalue weighted by Crippen LogP contribution is 2.66. The van der Waals surface area contributed by atoms with Crippen molar-refractivity contribution in [1.82, 2.24) is 15.0 Å². The van der Waals surface area contributed by atoms with E-state index < -0.39 is 11.7 Å². The molecule has 4 aromatic rings. The topological polar surface area (TPSA) is 79.9 Å². The predicted octanol–water partition coefficient (Wildman–Crippen LogP) is 5.71. The number of halogens is 3. The number of rotatable bonds is 3. The first-order chi connectivity index (χ1) is 16.8. The number of imidazole rings is 1. The lowest BCUT2D eigenvalue weighted by atomic mass is 10.0. The van der Waals surface area contributed by atoms with Crippen LogP contribution in [0.25, 0.3) is 11.0 Å². The molecule has 0 saturated heterocycles. The van der Waals surface area contributed by atoms with Gasteiger partial charge in [-0.25, -0.2) is 9.97 Å². The number of amides is 1. The molecule has 3 heterocycles. The van der Waals surface area contributed by atoms with Crippen molar-refractivity contribution in [3.05, 3.63) is 76.7 Å². The molecular formula is C26H19F3N4O2. The Morgan fingerprint density at radius 3 is 2.77 bits per heavy atom. The molecule has 1 saturated carbocycles. The number of ether oxygens (including phenoxy) is 1. The zero-order chi connectivity index (χ0) is 23.9. The number of benzene rings is 2. The molecule has 0 radical (unpaired) electrons. The number of nitrogens with zero attached hydrogens (tertiary/aromatic N) is 2. The molecule has 35 heavy (non-hydrogen) atoms. The fourth-order valence-electron chi connectivity index (χ4n) is 5.65. The Kier molecular flexibility index (Phi) is 4.14. The molecule has 2 N–H and O–H groups in total. The number of hydrogen-bond donors (Lipinski definition) is 2. The van der Waals surface area contributed by atoms with Gasteiger partial charge in [0.2, 0.25) is 5.91 Å². The number of anilines is 1. The van der Waals surface area contributed by atoms with Crippen LogP contribution >= 0.6 is 0 Å². The molecule has 0 bridgehead atoms. The van der Waals surface area contributed by atoms with E-state index in [-0.39, 0.29) is 17.7 Å². The summed E-state index contributed by atoms with van der Waals surface area (Å²) in [6.45, 7) is 0. The van der Waals surface area contributed by atoms with Gasteiger partial charge in [0.25, 0.3) is 0 Å². The maximum Gasteiger partial charge on any atom is 0.416 e. The van der Waals surface area contributed by atoms with Gasteiger partial charge in [-0.2, -0.15) is 13.2 Å². The minimum absolute atomic E-state index is 0.0503. The van der Waals surface area contributed by atoms with Gasteiger partial charge in [-0.05, 0) is 72.2 Å². The largest absolute Gasteiger partial charge is 0.457 e. The standard InChI is InChI=1S/C26H19F3N4O2/c27-26(28,29)13-2-5-18-19(10-13)32-25(31-18)23-17-9-12-1-3-14(11-16(12)22(17)23)35-20-7-8-30-24-15(20)4-6-21(34)33-24/h1-3,5,7-8,10-11,17,22-23H,4,6,9H2,(H,31,32)(H,30,33,34)/t17-,22+,23+/m0/s1. The van der Waals surface area contributed by atoms with Crippen molar-refractivity contribution in [2.45, 2.75) is 37.3 Å². The summed E-state index contributed by atoms with van der Waals surface area (Å²) in [5.41, 5.74) is 3.63. The summed E-state index contributed by atoms with van der Waals surface area (Å²) in [4.78, 5) is 23.7. The van der Waals surface area contributed by atoms with E-state index >= 15 is 0 Å². The lowest BCUT2D eigenvalue weighted by Gasteiger charge is -2.19. The van der Waals surface area contributed by atoms with Crippen LogP contribution in [0.4, 0.5) is 19.0 Å². The van der Waals surface area contributed by atoms with Crippen LogP contribution in [-0.2, 0) is 23.8 Å². The van der Waals surface area contributed by atoms with Crippen LogP contribution in [0, 0.1) is 5.92 Å². The zero-order valence-electron chi connectivity index (χ0n) is 18.3. The van der Waals surface area contributed by atoms with Gasteiger partial charge in [-0.1, -0.05) is 6.07 Å². The summed E-state index contributed by atoms with van der Waals surface area (Å²) in [6, 6.07) is 11.5. The average Bonchev–Trinajstić information content (AvgIpc) is 3.18. The van der Waals surface area contributed by atoms with Crippen LogP contribution < -0.4 is 10.1 Å². The maximum atomic E-state index is 13.1. The molecule has 3 aliphatic rings. The first-order valence-corrected chi connectivity index (χ1v) is 11.5. The zero-order valence-corrected chi connectivity index (χ0v) is 18.3. The highest BCUT2D eigenvalue weighted by Gasteiger charge is 2.57. The molecule has 176 valence electrons. The summed E-state index contributed by atoms with van der Waals surface area (Å²) in [6.07, 6.45) is -0.889. The minimum atomic E-state index is -4.38. The lowest BCUT2D eigenvalue weighted by Crippen LogP contribution is -2.20. The number of hydrogen-bond acceptors (Lipinski definition) is 4. The third kappa shape index (κ3) is 3.29. The molecule has 1 fully saturated rings. The molecule has 9 heteroatoms. The Labute approximate surface area is 197 Å². The Balaban J connectivity index is 1.16. The van der Waals surface area contributed by atoms with E-state index in [9.17, 15) is 18.0 Å². The van der Waals surface area contributed by atoms with Crippen molar-refractivity contribution < 1.29 is 22.7 Å². The van der Waals surface area contributed by atoms with Gasteiger partial charge in [0, 0.05) is 24.1 Å². The fraction of sp³-hybridized carbons (Fsp3) is 0.269. The van der Waals surface area contributed by atoms with E-state index in [4.69, 9.17) is 4.74 Å². The Morgan fingerprint density at radius 1 is 1.03 bits per heavy atom. The molecule has 3 atom stereocenters. The average molecular weight is 476 g/mol. The van der Waals surface area contributed by atoms with Crippen LogP contribution in [0.5, 0.6) is 11.5 Å². The van der Waals surface area contributed by atoms with Crippen molar-refractivity contribution >= 4 is 22.8 Å². The fourth-order valence-corrected chi connectivity index (χ4v) is 5.65. The van der Waals surface area contributed by atoms with Crippen LogP contribution in [0.3, 0.4) is 0 Å².